The maximum Gasteiger partial charge on any atom is 0.0587 e. The molecule has 1 unspecified atom stereocenters. The van der Waals surface area contributed by atoms with Gasteiger partial charge in [-0.05, 0) is 19.4 Å². The van der Waals surface area contributed by atoms with Crippen LogP contribution in [0.2, 0.25) is 0 Å². The molecule has 1 rings (SSSR count). The van der Waals surface area contributed by atoms with Crippen molar-refractivity contribution in [1.29, 1.82) is 0 Å². The fraction of sp³-hybridized carbons (Fsp3) is 0.750. The number of halogens is 1. The molecule has 3 heteroatoms. The van der Waals surface area contributed by atoms with Gasteiger partial charge in [0.25, 0.3) is 0 Å². The topological polar surface area (TPSA) is 23.5 Å². The average molecular weight is 176 g/mol. The first kappa shape index (κ1) is 9.04. The molecular weight excluding hydrogens is 162 g/mol. The van der Waals surface area contributed by atoms with Crippen LogP contribution in [-0.2, 0) is 0 Å². The lowest BCUT2D eigenvalue weighted by Crippen LogP contribution is -2.32. The number of rotatable bonds is 3. The van der Waals surface area contributed by atoms with Gasteiger partial charge in [0.15, 0.2) is 0 Å². The lowest BCUT2D eigenvalue weighted by Gasteiger charge is -2.21. The van der Waals surface area contributed by atoms with Gasteiger partial charge < -0.3 is 5.11 Å². The van der Waals surface area contributed by atoms with E-state index in [4.69, 9.17) is 16.7 Å². The fourth-order valence-corrected chi connectivity index (χ4v) is 1.68. The third kappa shape index (κ3) is 2.47. The lowest BCUT2D eigenvalue weighted by molar-refractivity contribution is 0.169. The summed E-state index contributed by atoms with van der Waals surface area (Å²) in [7, 11) is 0. The Hall–Kier alpha value is -0.0500. The van der Waals surface area contributed by atoms with Crippen LogP contribution in [0.1, 0.15) is 12.8 Å². The Morgan fingerprint density at radius 2 is 2.45 bits per heavy atom. The van der Waals surface area contributed by atoms with Gasteiger partial charge >= 0.3 is 0 Å². The van der Waals surface area contributed by atoms with Crippen LogP contribution < -0.4 is 0 Å². The van der Waals surface area contributed by atoms with Gasteiger partial charge in [-0.15, -0.1) is 0 Å². The summed E-state index contributed by atoms with van der Waals surface area (Å²) in [6.45, 7) is 5.62. The van der Waals surface area contributed by atoms with Gasteiger partial charge in [-0.25, -0.2) is 0 Å². The minimum absolute atomic E-state index is 0.240. The SMILES string of the molecule is C=C(Cl)CN1CCCC1CO. The summed E-state index contributed by atoms with van der Waals surface area (Å²) in [5.74, 6) is 0. The van der Waals surface area contributed by atoms with Crippen molar-refractivity contribution < 1.29 is 5.11 Å². The van der Waals surface area contributed by atoms with Crippen molar-refractivity contribution in [3.8, 4) is 0 Å². The Bertz CT molecular complexity index is 149. The van der Waals surface area contributed by atoms with E-state index in [1.165, 1.54) is 0 Å². The highest BCUT2D eigenvalue weighted by atomic mass is 35.5. The van der Waals surface area contributed by atoms with E-state index >= 15 is 0 Å². The zero-order chi connectivity index (χ0) is 8.27. The van der Waals surface area contributed by atoms with Crippen LogP contribution in [0.4, 0.5) is 0 Å². The Balaban J connectivity index is 2.37. The standard InChI is InChI=1S/C8H14ClNO/c1-7(9)5-10-4-2-3-8(10)6-11/h8,11H,1-6H2. The van der Waals surface area contributed by atoms with Crippen LogP contribution in [0.5, 0.6) is 0 Å². The molecule has 1 aliphatic heterocycles. The zero-order valence-corrected chi connectivity index (χ0v) is 7.35. The van der Waals surface area contributed by atoms with E-state index in [-0.39, 0.29) is 6.61 Å². The summed E-state index contributed by atoms with van der Waals surface area (Å²) in [5, 5.41) is 9.59. The quantitative estimate of drug-likeness (QED) is 0.697. The molecule has 11 heavy (non-hydrogen) atoms. The van der Waals surface area contributed by atoms with Crippen LogP contribution in [-0.4, -0.2) is 35.7 Å². The minimum atomic E-state index is 0.240. The predicted octanol–water partition coefficient (Wildman–Crippen LogP) is 1.20. The van der Waals surface area contributed by atoms with E-state index in [2.05, 4.69) is 11.5 Å². The largest absolute Gasteiger partial charge is 0.395 e. The smallest absolute Gasteiger partial charge is 0.0587 e. The molecule has 1 atom stereocenters. The first-order valence-electron chi connectivity index (χ1n) is 3.92. The molecule has 1 saturated heterocycles. The maximum absolute atomic E-state index is 8.93. The molecule has 0 aromatic carbocycles. The Labute approximate surface area is 72.5 Å². The molecule has 0 aromatic rings. The lowest BCUT2D eigenvalue weighted by atomic mass is 10.2. The Kier molecular flexibility index (Phi) is 3.37. The minimum Gasteiger partial charge on any atom is -0.395 e. The highest BCUT2D eigenvalue weighted by Gasteiger charge is 2.23. The molecule has 1 aliphatic rings. The van der Waals surface area contributed by atoms with E-state index in [0.29, 0.717) is 17.6 Å². The van der Waals surface area contributed by atoms with Crippen LogP contribution in [0.15, 0.2) is 11.6 Å². The van der Waals surface area contributed by atoms with Crippen LogP contribution in [0, 0.1) is 0 Å². The molecule has 0 radical (unpaired) electrons. The molecular formula is C8H14ClNO. The summed E-state index contributed by atoms with van der Waals surface area (Å²) in [6, 6.07) is 0.311. The average Bonchev–Trinajstić information content (AvgIpc) is 2.34. The van der Waals surface area contributed by atoms with Gasteiger partial charge in [-0.1, -0.05) is 18.2 Å². The Morgan fingerprint density at radius 1 is 1.73 bits per heavy atom. The second kappa shape index (κ2) is 4.10. The maximum atomic E-state index is 8.93. The molecule has 0 aliphatic carbocycles. The van der Waals surface area contributed by atoms with Crippen LogP contribution >= 0.6 is 11.6 Å². The molecule has 1 fully saturated rings. The van der Waals surface area contributed by atoms with Gasteiger partial charge in [0, 0.05) is 17.6 Å². The van der Waals surface area contributed by atoms with Gasteiger partial charge in [0.05, 0.1) is 6.61 Å². The molecule has 64 valence electrons. The normalized spacial score (nSPS) is 25.8. The van der Waals surface area contributed by atoms with Crippen LogP contribution in [0.25, 0.3) is 0 Å². The number of likely N-dealkylation sites (tertiary alicyclic amines) is 1. The van der Waals surface area contributed by atoms with Gasteiger partial charge in [-0.3, -0.25) is 4.90 Å². The van der Waals surface area contributed by atoms with Crippen molar-refractivity contribution in [3.05, 3.63) is 11.6 Å². The summed E-state index contributed by atoms with van der Waals surface area (Å²) >= 11 is 5.66. The number of aliphatic hydroxyl groups is 1. The third-order valence-corrected chi connectivity index (χ3v) is 2.20. The second-order valence-electron chi connectivity index (χ2n) is 2.97. The van der Waals surface area contributed by atoms with E-state index in [1.54, 1.807) is 0 Å². The highest BCUT2D eigenvalue weighted by Crippen LogP contribution is 2.18. The van der Waals surface area contributed by atoms with Gasteiger partial charge in [0.1, 0.15) is 0 Å². The van der Waals surface area contributed by atoms with Gasteiger partial charge in [-0.2, -0.15) is 0 Å². The molecule has 0 spiro atoms. The number of aliphatic hydroxyl groups excluding tert-OH is 1. The highest BCUT2D eigenvalue weighted by molar-refractivity contribution is 6.29. The Morgan fingerprint density at radius 3 is 3.00 bits per heavy atom. The number of nitrogens with zero attached hydrogens (tertiary/aromatic N) is 1. The third-order valence-electron chi connectivity index (χ3n) is 2.08. The predicted molar refractivity (Wildman–Crippen MR) is 46.7 cm³/mol. The van der Waals surface area contributed by atoms with Crippen molar-refractivity contribution in [2.75, 3.05) is 19.7 Å². The molecule has 1 heterocycles. The van der Waals surface area contributed by atoms with E-state index < -0.39 is 0 Å². The van der Waals surface area contributed by atoms with Gasteiger partial charge in [0.2, 0.25) is 0 Å². The van der Waals surface area contributed by atoms with Crippen molar-refractivity contribution in [3.63, 3.8) is 0 Å². The molecule has 0 saturated carbocycles. The van der Waals surface area contributed by atoms with E-state index in [9.17, 15) is 0 Å². The van der Waals surface area contributed by atoms with Crippen molar-refractivity contribution in [2.24, 2.45) is 0 Å². The fourth-order valence-electron chi connectivity index (χ4n) is 1.53. The van der Waals surface area contributed by atoms with Crippen molar-refractivity contribution in [1.82, 2.24) is 4.90 Å². The molecule has 1 N–H and O–H groups in total. The summed E-state index contributed by atoms with van der Waals surface area (Å²) in [5.41, 5.74) is 0. The second-order valence-corrected chi connectivity index (χ2v) is 3.50. The van der Waals surface area contributed by atoms with Crippen molar-refractivity contribution >= 4 is 11.6 Å². The summed E-state index contributed by atoms with van der Waals surface area (Å²) in [6.07, 6.45) is 2.25. The molecule has 0 bridgehead atoms. The molecule has 0 aromatic heterocycles. The van der Waals surface area contributed by atoms with Crippen molar-refractivity contribution in [2.45, 2.75) is 18.9 Å². The first-order valence-corrected chi connectivity index (χ1v) is 4.30. The monoisotopic (exact) mass is 175 g/mol. The number of hydrogen-bond acceptors (Lipinski definition) is 2. The van der Waals surface area contributed by atoms with E-state index in [1.807, 2.05) is 0 Å². The first-order chi connectivity index (χ1) is 5.24. The molecule has 2 nitrogen and oxygen atoms in total. The van der Waals surface area contributed by atoms with Crippen LogP contribution in [0.3, 0.4) is 0 Å². The van der Waals surface area contributed by atoms with E-state index in [0.717, 1.165) is 19.4 Å². The summed E-state index contributed by atoms with van der Waals surface area (Å²) in [4.78, 5) is 2.18. The summed E-state index contributed by atoms with van der Waals surface area (Å²) < 4.78 is 0. The zero-order valence-electron chi connectivity index (χ0n) is 6.59. The number of hydrogen-bond donors (Lipinski definition) is 1. The molecule has 0 amide bonds.